The summed E-state index contributed by atoms with van der Waals surface area (Å²) < 4.78 is 48.0. The largest absolute Gasteiger partial charge is 0.488 e. The summed E-state index contributed by atoms with van der Waals surface area (Å²) in [4.78, 5) is 28.3. The van der Waals surface area contributed by atoms with Gasteiger partial charge in [-0.1, -0.05) is 13.8 Å². The molecule has 0 aliphatic heterocycles. The van der Waals surface area contributed by atoms with Crippen LogP contribution >= 0.6 is 0 Å². The smallest absolute Gasteiger partial charge is 0.410 e. The van der Waals surface area contributed by atoms with E-state index in [1.54, 1.807) is 23.9 Å². The number of aromatic nitrogens is 4. The number of fused-ring (bicyclic) bond motifs is 1. The van der Waals surface area contributed by atoms with Crippen LogP contribution in [-0.2, 0) is 11.8 Å². The van der Waals surface area contributed by atoms with Crippen LogP contribution in [0.3, 0.4) is 0 Å². The van der Waals surface area contributed by atoms with E-state index in [0.717, 1.165) is 6.92 Å². The van der Waals surface area contributed by atoms with Crippen LogP contribution < -0.4 is 15.6 Å². The molecule has 172 valence electrons. The first-order valence-electron chi connectivity index (χ1n) is 9.95. The van der Waals surface area contributed by atoms with Gasteiger partial charge >= 0.3 is 11.7 Å². The Bertz CT molecular complexity index is 1210. The second kappa shape index (κ2) is 8.64. The molecule has 8 nitrogen and oxygen atoms in total. The minimum Gasteiger partial charge on any atom is -0.488 e. The molecule has 0 spiro atoms. The molecule has 3 aromatic rings. The third kappa shape index (κ3) is 4.76. The maximum atomic E-state index is 13.4. The number of halogens is 3. The quantitative estimate of drug-likeness (QED) is 0.614. The van der Waals surface area contributed by atoms with E-state index in [-0.39, 0.29) is 35.7 Å². The lowest BCUT2D eigenvalue weighted by molar-refractivity contribution is -0.166. The number of nitrogens with zero attached hydrogens (tertiary/aromatic N) is 4. The minimum absolute atomic E-state index is 0.0587. The summed E-state index contributed by atoms with van der Waals surface area (Å²) in [7, 11) is 1.75. The molecule has 0 bridgehead atoms. The van der Waals surface area contributed by atoms with Crippen molar-refractivity contribution < 1.29 is 22.7 Å². The number of amides is 1. The molecule has 0 fully saturated rings. The van der Waals surface area contributed by atoms with Crippen LogP contribution in [0.5, 0.6) is 5.75 Å². The first kappa shape index (κ1) is 23.3. The minimum atomic E-state index is -4.67. The number of hydrogen-bond acceptors (Lipinski definition) is 5. The third-order valence-corrected chi connectivity index (χ3v) is 4.77. The first-order chi connectivity index (χ1) is 14.9. The second-order valence-corrected chi connectivity index (χ2v) is 7.99. The maximum Gasteiger partial charge on any atom is 0.410 e. The zero-order valence-electron chi connectivity index (χ0n) is 18.3. The molecule has 0 saturated carbocycles. The Labute approximate surface area is 182 Å². The van der Waals surface area contributed by atoms with E-state index in [1.165, 1.54) is 19.2 Å². The third-order valence-electron chi connectivity index (χ3n) is 4.77. The van der Waals surface area contributed by atoms with Gasteiger partial charge in [-0.3, -0.25) is 9.59 Å². The fourth-order valence-corrected chi connectivity index (χ4v) is 3.11. The lowest BCUT2D eigenvalue weighted by Crippen LogP contribution is -2.35. The van der Waals surface area contributed by atoms with Crippen LogP contribution in [0.15, 0.2) is 29.3 Å². The summed E-state index contributed by atoms with van der Waals surface area (Å²) in [6.45, 7) is 6.09. The van der Waals surface area contributed by atoms with Crippen LogP contribution in [0.1, 0.15) is 33.7 Å². The summed E-state index contributed by atoms with van der Waals surface area (Å²) in [5.41, 5.74) is 0.307. The normalized spacial score (nSPS) is 12.9. The number of anilines is 1. The number of pyridine rings is 1. The Morgan fingerprint density at radius 2 is 1.94 bits per heavy atom. The SMILES string of the molecule is CC(=O)Nc1cc2c(-c3cc(OCC(C)C)c(=O)n(C(C)C(F)(F)F)n3)cn(C)c2cn1. The summed E-state index contributed by atoms with van der Waals surface area (Å²) in [5.74, 6) is -0.189. The molecule has 0 saturated heterocycles. The molecule has 1 atom stereocenters. The number of alkyl halides is 3. The van der Waals surface area contributed by atoms with Gasteiger partial charge in [0.15, 0.2) is 5.75 Å². The number of hydrogen-bond donors (Lipinski definition) is 1. The molecule has 0 aromatic carbocycles. The van der Waals surface area contributed by atoms with Crippen molar-refractivity contribution in [2.45, 2.75) is 39.9 Å². The van der Waals surface area contributed by atoms with Crippen molar-refractivity contribution in [1.29, 1.82) is 0 Å². The summed E-state index contributed by atoms with van der Waals surface area (Å²) >= 11 is 0. The van der Waals surface area contributed by atoms with Crippen molar-refractivity contribution in [1.82, 2.24) is 19.3 Å². The summed E-state index contributed by atoms with van der Waals surface area (Å²) in [5, 5.41) is 7.21. The second-order valence-electron chi connectivity index (χ2n) is 7.99. The number of carbonyl (C=O) groups is 1. The molecule has 1 amide bonds. The Balaban J connectivity index is 2.24. The van der Waals surface area contributed by atoms with Gasteiger partial charge < -0.3 is 14.6 Å². The first-order valence-corrected chi connectivity index (χ1v) is 9.95. The van der Waals surface area contributed by atoms with Gasteiger partial charge in [-0.05, 0) is 18.9 Å². The van der Waals surface area contributed by atoms with Crippen LogP contribution in [0.2, 0.25) is 0 Å². The van der Waals surface area contributed by atoms with Gasteiger partial charge in [0.2, 0.25) is 5.91 Å². The fourth-order valence-electron chi connectivity index (χ4n) is 3.11. The Hall–Kier alpha value is -3.37. The predicted octanol–water partition coefficient (Wildman–Crippen LogP) is 3.91. The molecular formula is C21H24F3N5O3. The Morgan fingerprint density at radius 3 is 2.53 bits per heavy atom. The number of nitrogens with one attached hydrogen (secondary N) is 1. The van der Waals surface area contributed by atoms with E-state index < -0.39 is 17.8 Å². The van der Waals surface area contributed by atoms with Gasteiger partial charge in [0.25, 0.3) is 0 Å². The topological polar surface area (TPSA) is 91.0 Å². The lowest BCUT2D eigenvalue weighted by Gasteiger charge is -2.19. The lowest BCUT2D eigenvalue weighted by atomic mass is 10.1. The van der Waals surface area contributed by atoms with Crippen molar-refractivity contribution in [2.24, 2.45) is 13.0 Å². The van der Waals surface area contributed by atoms with Crippen molar-refractivity contribution in [3.63, 3.8) is 0 Å². The average Bonchev–Trinajstić information content (AvgIpc) is 3.01. The maximum absolute atomic E-state index is 13.4. The molecule has 0 aliphatic carbocycles. The zero-order chi connectivity index (χ0) is 23.8. The molecule has 1 unspecified atom stereocenters. The van der Waals surface area contributed by atoms with E-state index in [2.05, 4.69) is 15.4 Å². The van der Waals surface area contributed by atoms with Crippen molar-refractivity contribution in [3.05, 3.63) is 34.9 Å². The average molecular weight is 451 g/mol. The monoisotopic (exact) mass is 451 g/mol. The van der Waals surface area contributed by atoms with Crippen LogP contribution in [0.25, 0.3) is 22.2 Å². The van der Waals surface area contributed by atoms with Gasteiger partial charge in [0.05, 0.1) is 24.0 Å². The highest BCUT2D eigenvalue weighted by atomic mass is 19.4. The fraction of sp³-hybridized carbons (Fsp3) is 0.429. The number of carbonyl (C=O) groups excluding carboxylic acids is 1. The van der Waals surface area contributed by atoms with E-state index in [0.29, 0.717) is 21.1 Å². The highest BCUT2D eigenvalue weighted by Gasteiger charge is 2.39. The number of rotatable bonds is 6. The van der Waals surface area contributed by atoms with Gasteiger partial charge in [-0.15, -0.1) is 0 Å². The van der Waals surface area contributed by atoms with E-state index >= 15 is 0 Å². The highest BCUT2D eigenvalue weighted by molar-refractivity contribution is 5.98. The Morgan fingerprint density at radius 1 is 1.25 bits per heavy atom. The molecule has 0 aliphatic rings. The summed E-state index contributed by atoms with van der Waals surface area (Å²) in [6, 6.07) is 0.797. The van der Waals surface area contributed by atoms with E-state index in [9.17, 15) is 22.8 Å². The highest BCUT2D eigenvalue weighted by Crippen LogP contribution is 2.33. The summed E-state index contributed by atoms with van der Waals surface area (Å²) in [6.07, 6.45) is -1.47. The van der Waals surface area contributed by atoms with Crippen LogP contribution in [-0.4, -0.2) is 38.0 Å². The van der Waals surface area contributed by atoms with Gasteiger partial charge in [0, 0.05) is 37.2 Å². The predicted molar refractivity (Wildman–Crippen MR) is 114 cm³/mol. The van der Waals surface area contributed by atoms with Crippen molar-refractivity contribution in [3.8, 4) is 17.0 Å². The molecule has 3 rings (SSSR count). The molecule has 3 heterocycles. The van der Waals surface area contributed by atoms with E-state index in [1.807, 2.05) is 13.8 Å². The van der Waals surface area contributed by atoms with Crippen molar-refractivity contribution >= 4 is 22.6 Å². The van der Waals surface area contributed by atoms with Crippen LogP contribution in [0.4, 0.5) is 19.0 Å². The molecule has 3 aromatic heterocycles. The van der Waals surface area contributed by atoms with E-state index in [4.69, 9.17) is 4.74 Å². The molecule has 32 heavy (non-hydrogen) atoms. The number of aryl methyl sites for hydroxylation is 1. The number of ether oxygens (including phenoxy) is 1. The van der Waals surface area contributed by atoms with Crippen molar-refractivity contribution in [2.75, 3.05) is 11.9 Å². The van der Waals surface area contributed by atoms with Gasteiger partial charge in [-0.2, -0.15) is 18.3 Å². The zero-order valence-corrected chi connectivity index (χ0v) is 18.3. The molecule has 1 N–H and O–H groups in total. The Kier molecular flexibility index (Phi) is 6.29. The van der Waals surface area contributed by atoms with Gasteiger partial charge in [-0.25, -0.2) is 9.67 Å². The standard InChI is InChI=1S/C21H24F3N5O3/c1-11(2)10-32-18-7-16(27-29(20(18)31)12(3)21(22,23)24)15-9-28(5)17-8-25-19(6-14(15)17)26-13(4)30/h6-9,11-12H,10H2,1-5H3,(H,25,26,30). The van der Waals surface area contributed by atoms with Gasteiger partial charge in [0.1, 0.15) is 11.9 Å². The van der Waals surface area contributed by atoms with Crippen LogP contribution in [0, 0.1) is 5.92 Å². The molecule has 11 heteroatoms. The molecule has 0 radical (unpaired) electrons. The molecular weight excluding hydrogens is 427 g/mol.